The Balaban J connectivity index is 0. The number of furan rings is 4. The van der Waals surface area contributed by atoms with Crippen molar-refractivity contribution in [2.75, 3.05) is 0 Å². The molecule has 0 fully saturated rings. The molecule has 0 atom stereocenters. The summed E-state index contributed by atoms with van der Waals surface area (Å²) < 4.78 is 21.4. The highest BCUT2D eigenvalue weighted by atomic mass is 16.4. The van der Waals surface area contributed by atoms with Crippen LogP contribution < -0.4 is 0 Å². The third kappa shape index (κ3) is 29.5. The van der Waals surface area contributed by atoms with Crippen LogP contribution in [0.1, 0.15) is 351 Å². The van der Waals surface area contributed by atoms with Crippen molar-refractivity contribution in [2.45, 2.75) is 266 Å². The molecule has 0 saturated carbocycles. The van der Waals surface area contributed by atoms with Gasteiger partial charge in [0.2, 0.25) is 23.0 Å². The van der Waals surface area contributed by atoms with Crippen LogP contribution in [-0.4, -0.2) is 67.4 Å². The van der Waals surface area contributed by atoms with Crippen molar-refractivity contribution in [2.24, 2.45) is 41.4 Å². The lowest BCUT2D eigenvalue weighted by Crippen LogP contribution is -2.09. The van der Waals surface area contributed by atoms with E-state index in [0.29, 0.717) is 24.0 Å². The second kappa shape index (κ2) is 45.9. The Bertz CT molecular complexity index is 2420. The fraction of sp³-hybridized carbons (Fsp3) is 0.662. The predicted molar refractivity (Wildman–Crippen MR) is 347 cm³/mol. The van der Waals surface area contributed by atoms with Crippen molar-refractivity contribution < 1.29 is 76.5 Å². The molecule has 0 amide bonds. The molecule has 0 aliphatic carbocycles. The highest BCUT2D eigenvalue weighted by molar-refractivity contribution is 6.09. The SMILES string of the molecule is CCC(C)CC.CCC(C)CC.CCC(C)CC.CCC(CC)CC(=O)c1cc(-c2cc(C(=O)CC(CC)CC)oc2C(=O)CC(CC)CC)c(C(=O)CC(CC)CC)o1.CCCCC.O=C(O)c1cc(-c2cc(C(=O)O)oc2C(=O)O)c(C(=O)O)o1. The Morgan fingerprint density at radius 2 is 0.506 bits per heavy atom. The molecule has 494 valence electrons. The second-order valence-electron chi connectivity index (χ2n) is 23.0. The Morgan fingerprint density at radius 1 is 0.299 bits per heavy atom. The van der Waals surface area contributed by atoms with E-state index in [1.54, 1.807) is 12.1 Å². The highest BCUT2D eigenvalue weighted by Gasteiger charge is 2.33. The standard InChI is InChI=1S/C36H54O6.C12H6O10.3C6H14.C5H12/c1-9-23(10-2)17-29(37)33-21-27(35(41-33)31(39)19-25(13-5)14-6)28-22-34(30(38)18-24(11-3)12-4)42-36(28)32(40)20-26(15-7)16-8;13-9(14)5-1-3(7(21-5)11(17)18)4-2-6(10(15)16)22-8(4)12(19)20;3*1-4-6(3)5-2;1-3-5-4-2/h21-26H,9-20H2,1-8H3;1-2H,(H,13,14)(H,15,16)(H,17,18)(H,19,20);3*6H,4-5H2,1-3H3;3-5H2,1-2H3. The molecule has 0 saturated heterocycles. The average Bonchev–Trinajstić information content (AvgIpc) is 1.73. The first-order valence-electron chi connectivity index (χ1n) is 32.8. The van der Waals surface area contributed by atoms with E-state index in [-0.39, 0.29) is 82.7 Å². The molecule has 4 aromatic heterocycles. The normalized spacial score (nSPS) is 10.9. The van der Waals surface area contributed by atoms with Crippen molar-refractivity contribution in [3.63, 3.8) is 0 Å². The van der Waals surface area contributed by atoms with Crippen LogP contribution in [0, 0.1) is 41.4 Å². The number of hydrogen-bond acceptors (Lipinski definition) is 12. The van der Waals surface area contributed by atoms with E-state index in [4.69, 9.17) is 29.3 Å². The maximum atomic E-state index is 13.7. The van der Waals surface area contributed by atoms with E-state index in [9.17, 15) is 38.4 Å². The number of ketones is 4. The third-order valence-corrected chi connectivity index (χ3v) is 16.8. The zero-order valence-electron chi connectivity index (χ0n) is 56.9. The molecule has 0 spiro atoms. The summed E-state index contributed by atoms with van der Waals surface area (Å²) in [5.74, 6) is -6.41. The minimum Gasteiger partial charge on any atom is -0.475 e. The number of Topliss-reactive ketones (excluding diaryl/α,β-unsaturated/α-hetero) is 4. The number of aromatic carboxylic acids is 4. The molecule has 4 aromatic rings. The number of unbranched alkanes of at least 4 members (excludes halogenated alkanes) is 2. The first-order chi connectivity index (χ1) is 41.2. The minimum atomic E-state index is -1.66. The minimum absolute atomic E-state index is 0.0752. The van der Waals surface area contributed by atoms with Crippen molar-refractivity contribution in [3.05, 3.63) is 70.3 Å². The molecule has 4 heterocycles. The van der Waals surface area contributed by atoms with Gasteiger partial charge in [-0.15, -0.1) is 0 Å². The Labute approximate surface area is 521 Å². The zero-order chi connectivity index (χ0) is 67.1. The lowest BCUT2D eigenvalue weighted by molar-refractivity contribution is 0.0611. The lowest BCUT2D eigenvalue weighted by atomic mass is 9.91. The largest absolute Gasteiger partial charge is 0.475 e. The molecule has 16 heteroatoms. The number of carboxylic acid groups (broad SMARTS) is 4. The quantitative estimate of drug-likeness (QED) is 0.0317. The van der Waals surface area contributed by atoms with Crippen LogP contribution in [0.2, 0.25) is 0 Å². The van der Waals surface area contributed by atoms with Gasteiger partial charge in [0.05, 0.1) is 0 Å². The van der Waals surface area contributed by atoms with Crippen LogP contribution in [0.15, 0.2) is 41.9 Å². The third-order valence-electron chi connectivity index (χ3n) is 16.8. The number of hydrogen-bond donors (Lipinski definition) is 4. The summed E-state index contributed by atoms with van der Waals surface area (Å²) in [4.78, 5) is 97.8. The Hall–Kier alpha value is -6.32. The monoisotopic (exact) mass is 1220 g/mol. The maximum Gasteiger partial charge on any atom is 0.372 e. The Morgan fingerprint density at radius 3 is 0.678 bits per heavy atom. The molecular weight excluding hydrogens is 1110 g/mol. The second-order valence-corrected chi connectivity index (χ2v) is 23.0. The van der Waals surface area contributed by atoms with Crippen LogP contribution in [0.5, 0.6) is 0 Å². The van der Waals surface area contributed by atoms with Gasteiger partial charge in [0.25, 0.3) is 0 Å². The summed E-state index contributed by atoms with van der Waals surface area (Å²) >= 11 is 0. The van der Waals surface area contributed by atoms with Crippen molar-refractivity contribution in [1.82, 2.24) is 0 Å². The van der Waals surface area contributed by atoms with Gasteiger partial charge in [0, 0.05) is 60.1 Å². The van der Waals surface area contributed by atoms with Crippen LogP contribution >= 0.6 is 0 Å². The Kier molecular flexibility index (Phi) is 43.6. The van der Waals surface area contributed by atoms with Gasteiger partial charge < -0.3 is 38.1 Å². The molecule has 0 bridgehead atoms. The molecule has 4 rings (SSSR count). The number of carboxylic acids is 4. The van der Waals surface area contributed by atoms with Crippen LogP contribution in [-0.2, 0) is 0 Å². The van der Waals surface area contributed by atoms with E-state index >= 15 is 0 Å². The fourth-order valence-electron chi connectivity index (χ4n) is 8.55. The molecule has 0 radical (unpaired) electrons. The van der Waals surface area contributed by atoms with E-state index in [0.717, 1.165) is 81.3 Å². The molecule has 0 aliphatic rings. The maximum absolute atomic E-state index is 13.7. The average molecular weight is 1220 g/mol. The highest BCUT2D eigenvalue weighted by Crippen LogP contribution is 2.38. The first-order valence-corrected chi connectivity index (χ1v) is 32.8. The molecule has 0 unspecified atom stereocenters. The summed E-state index contributed by atoms with van der Waals surface area (Å²) in [5, 5.41) is 35.6. The van der Waals surface area contributed by atoms with Crippen molar-refractivity contribution in [1.29, 1.82) is 0 Å². The predicted octanol–water partition coefficient (Wildman–Crippen LogP) is 21.4. The topological polar surface area (TPSA) is 270 Å². The number of rotatable bonds is 34. The summed E-state index contributed by atoms with van der Waals surface area (Å²) in [6.07, 6.45) is 20.1. The molecule has 4 N–H and O–H groups in total. The lowest BCUT2D eigenvalue weighted by Gasteiger charge is -2.11. The molecule has 16 nitrogen and oxygen atoms in total. The smallest absolute Gasteiger partial charge is 0.372 e. The van der Waals surface area contributed by atoms with Crippen molar-refractivity contribution >= 4 is 47.0 Å². The van der Waals surface area contributed by atoms with Gasteiger partial charge in [-0.2, -0.15) is 0 Å². The zero-order valence-corrected chi connectivity index (χ0v) is 56.9. The molecule has 87 heavy (non-hydrogen) atoms. The van der Waals surface area contributed by atoms with E-state index in [1.807, 2.05) is 0 Å². The molecule has 0 aromatic carbocycles. The van der Waals surface area contributed by atoms with Gasteiger partial charge in [0.1, 0.15) is 0 Å². The summed E-state index contributed by atoms with van der Waals surface area (Å²) in [7, 11) is 0. The van der Waals surface area contributed by atoms with Gasteiger partial charge >= 0.3 is 23.9 Å². The van der Waals surface area contributed by atoms with Crippen LogP contribution in [0.25, 0.3) is 22.3 Å². The van der Waals surface area contributed by atoms with E-state index in [2.05, 4.69) is 140 Å². The first kappa shape index (κ1) is 82.7. The van der Waals surface area contributed by atoms with E-state index < -0.39 is 58.0 Å². The number of carbonyl (C=O) groups is 8. The van der Waals surface area contributed by atoms with Gasteiger partial charge in [-0.05, 0) is 53.6 Å². The van der Waals surface area contributed by atoms with Crippen LogP contribution in [0.4, 0.5) is 0 Å². The van der Waals surface area contributed by atoms with E-state index in [1.165, 1.54) is 57.8 Å². The molecular formula is C71H114O16. The van der Waals surface area contributed by atoms with Crippen molar-refractivity contribution in [3.8, 4) is 22.3 Å². The van der Waals surface area contributed by atoms with Gasteiger partial charge in [-0.3, -0.25) is 19.2 Å². The summed E-state index contributed by atoms with van der Waals surface area (Å²) in [6, 6.07) is 4.74. The summed E-state index contributed by atoms with van der Waals surface area (Å²) in [5.41, 5.74) is -0.0914. The fourth-order valence-corrected chi connectivity index (χ4v) is 8.55. The van der Waals surface area contributed by atoms with Gasteiger partial charge in [-0.1, -0.05) is 241 Å². The van der Waals surface area contributed by atoms with Gasteiger partial charge in [0.15, 0.2) is 46.2 Å². The van der Waals surface area contributed by atoms with Crippen LogP contribution in [0.3, 0.4) is 0 Å². The van der Waals surface area contributed by atoms with Gasteiger partial charge in [-0.25, -0.2) is 19.2 Å². The summed E-state index contributed by atoms with van der Waals surface area (Å²) in [6.45, 7) is 41.1. The number of carbonyl (C=O) groups excluding carboxylic acids is 4. The molecule has 0 aliphatic heterocycles.